The van der Waals surface area contributed by atoms with E-state index in [1.165, 1.54) is 19.2 Å². The van der Waals surface area contributed by atoms with E-state index in [-0.39, 0.29) is 10.6 Å². The van der Waals surface area contributed by atoms with Crippen LogP contribution >= 0.6 is 0 Å². The van der Waals surface area contributed by atoms with Gasteiger partial charge in [-0.25, -0.2) is 12.7 Å². The van der Waals surface area contributed by atoms with Gasteiger partial charge in [0.25, 0.3) is 5.69 Å². The van der Waals surface area contributed by atoms with Crippen LogP contribution in [0.25, 0.3) is 0 Å². The quantitative estimate of drug-likeness (QED) is 0.326. The maximum atomic E-state index is 12.4. The summed E-state index contributed by atoms with van der Waals surface area (Å²) in [6.07, 6.45) is 2.57. The Labute approximate surface area is 124 Å². The second-order valence-corrected chi connectivity index (χ2v) is 6.63. The van der Waals surface area contributed by atoms with Crippen molar-refractivity contribution in [2.75, 3.05) is 19.0 Å². The predicted octanol–water partition coefficient (Wildman–Crippen LogP) is 1.69. The summed E-state index contributed by atoms with van der Waals surface area (Å²) in [6, 6.07) is 3.69. The van der Waals surface area contributed by atoms with Crippen molar-refractivity contribution < 1.29 is 13.3 Å². The van der Waals surface area contributed by atoms with E-state index in [0.717, 1.165) is 23.2 Å². The fourth-order valence-electron chi connectivity index (χ4n) is 1.84. The number of hydrazine groups is 1. The van der Waals surface area contributed by atoms with Crippen molar-refractivity contribution in [1.29, 1.82) is 0 Å². The molecule has 118 valence electrons. The van der Waals surface area contributed by atoms with Gasteiger partial charge in [-0.1, -0.05) is 19.8 Å². The fraction of sp³-hybridized carbons (Fsp3) is 0.500. The number of sulfonamides is 1. The van der Waals surface area contributed by atoms with Gasteiger partial charge in [-0.05, 0) is 18.6 Å². The van der Waals surface area contributed by atoms with Crippen molar-refractivity contribution in [2.45, 2.75) is 31.1 Å². The van der Waals surface area contributed by atoms with Gasteiger partial charge in [0.05, 0.1) is 10.6 Å². The van der Waals surface area contributed by atoms with Crippen LogP contribution in [0.15, 0.2) is 23.1 Å². The summed E-state index contributed by atoms with van der Waals surface area (Å²) in [5.74, 6) is 5.19. The predicted molar refractivity (Wildman–Crippen MR) is 80.2 cm³/mol. The van der Waals surface area contributed by atoms with Gasteiger partial charge in [-0.2, -0.15) is 0 Å². The molecule has 1 aromatic rings. The van der Waals surface area contributed by atoms with Gasteiger partial charge in [-0.15, -0.1) is 0 Å². The van der Waals surface area contributed by atoms with E-state index in [2.05, 4.69) is 5.43 Å². The number of anilines is 1. The molecule has 0 aliphatic heterocycles. The molecule has 21 heavy (non-hydrogen) atoms. The summed E-state index contributed by atoms with van der Waals surface area (Å²) in [4.78, 5) is 10.0. The molecule has 0 radical (unpaired) electrons. The summed E-state index contributed by atoms with van der Waals surface area (Å²) < 4.78 is 26.0. The lowest BCUT2D eigenvalue weighted by Crippen LogP contribution is -2.28. The van der Waals surface area contributed by atoms with Crippen molar-refractivity contribution in [3.63, 3.8) is 0 Å². The first-order chi connectivity index (χ1) is 9.84. The number of nitrogens with one attached hydrogen (secondary N) is 1. The second-order valence-electron chi connectivity index (χ2n) is 4.62. The van der Waals surface area contributed by atoms with E-state index in [0.29, 0.717) is 13.0 Å². The van der Waals surface area contributed by atoms with Gasteiger partial charge >= 0.3 is 0 Å². The minimum Gasteiger partial charge on any atom is -0.324 e. The number of rotatable bonds is 8. The molecular formula is C12H20N4O4S. The van der Waals surface area contributed by atoms with Gasteiger partial charge in [0.2, 0.25) is 10.0 Å². The molecule has 0 unspecified atom stereocenters. The molecule has 9 heteroatoms. The van der Waals surface area contributed by atoms with Crippen LogP contribution in [0.4, 0.5) is 11.4 Å². The average Bonchev–Trinajstić information content (AvgIpc) is 2.46. The Balaban J connectivity index is 3.15. The average molecular weight is 316 g/mol. The first-order valence-corrected chi connectivity index (χ1v) is 8.00. The number of hydrogen-bond acceptors (Lipinski definition) is 6. The maximum absolute atomic E-state index is 12.4. The summed E-state index contributed by atoms with van der Waals surface area (Å²) in [5.41, 5.74) is 2.04. The molecule has 0 bridgehead atoms. The fourth-order valence-corrected chi connectivity index (χ4v) is 3.18. The zero-order valence-electron chi connectivity index (χ0n) is 12.1. The number of nitrogens with two attached hydrogens (primary N) is 1. The Bertz CT molecular complexity index is 603. The van der Waals surface area contributed by atoms with E-state index < -0.39 is 20.6 Å². The highest BCUT2D eigenvalue weighted by atomic mass is 32.2. The molecule has 0 saturated carbocycles. The highest BCUT2D eigenvalue weighted by Crippen LogP contribution is 2.29. The number of nitrogen functional groups attached to an aromatic ring is 1. The summed E-state index contributed by atoms with van der Waals surface area (Å²) in [7, 11) is -2.48. The normalized spacial score (nSPS) is 11.6. The number of nitro groups is 1. The van der Waals surface area contributed by atoms with E-state index in [4.69, 9.17) is 5.84 Å². The van der Waals surface area contributed by atoms with E-state index >= 15 is 0 Å². The molecular weight excluding hydrogens is 296 g/mol. The zero-order chi connectivity index (χ0) is 16.0. The molecule has 0 amide bonds. The molecule has 8 nitrogen and oxygen atoms in total. The van der Waals surface area contributed by atoms with Crippen molar-refractivity contribution in [3.8, 4) is 0 Å². The molecule has 0 aromatic heterocycles. The molecule has 3 N–H and O–H groups in total. The van der Waals surface area contributed by atoms with E-state index in [1.54, 1.807) is 0 Å². The highest BCUT2D eigenvalue weighted by Gasteiger charge is 2.29. The van der Waals surface area contributed by atoms with Crippen LogP contribution in [0.2, 0.25) is 0 Å². The number of nitrogens with zero attached hydrogens (tertiary/aromatic N) is 2. The van der Waals surface area contributed by atoms with Gasteiger partial charge in [-0.3, -0.25) is 16.0 Å². The van der Waals surface area contributed by atoms with Crippen LogP contribution in [0.5, 0.6) is 0 Å². The number of nitro benzene ring substituents is 1. The van der Waals surface area contributed by atoms with Gasteiger partial charge in [0.1, 0.15) is 0 Å². The molecule has 1 aromatic carbocycles. The molecule has 0 aliphatic rings. The summed E-state index contributed by atoms with van der Waals surface area (Å²) in [6.45, 7) is 2.34. The van der Waals surface area contributed by atoms with Gasteiger partial charge < -0.3 is 5.43 Å². The first-order valence-electron chi connectivity index (χ1n) is 6.56. The number of hydrogen-bond donors (Lipinski definition) is 2. The SMILES string of the molecule is CCCCCN(C)S(=O)(=O)c1ccc(NN)cc1[N+](=O)[O-]. The van der Waals surface area contributed by atoms with Crippen LogP contribution in [-0.4, -0.2) is 31.2 Å². The van der Waals surface area contributed by atoms with Crippen molar-refractivity contribution in [2.24, 2.45) is 5.84 Å². The molecule has 1 rings (SSSR count). The highest BCUT2D eigenvalue weighted by molar-refractivity contribution is 7.89. The third kappa shape index (κ3) is 4.13. The Kier molecular flexibility index (Phi) is 6.06. The molecule has 0 aliphatic carbocycles. The molecule has 0 spiro atoms. The second kappa shape index (κ2) is 7.34. The monoisotopic (exact) mass is 316 g/mol. The molecule has 0 heterocycles. The summed E-state index contributed by atoms with van der Waals surface area (Å²) in [5, 5.41) is 11.1. The largest absolute Gasteiger partial charge is 0.324 e. The van der Waals surface area contributed by atoms with Gasteiger partial charge in [0.15, 0.2) is 4.90 Å². The lowest BCUT2D eigenvalue weighted by Gasteiger charge is -2.17. The van der Waals surface area contributed by atoms with Gasteiger partial charge in [0, 0.05) is 19.7 Å². The maximum Gasteiger partial charge on any atom is 0.291 e. The molecule has 0 atom stereocenters. The summed E-state index contributed by atoms with van der Waals surface area (Å²) >= 11 is 0. The Morgan fingerprint density at radius 1 is 1.38 bits per heavy atom. The zero-order valence-corrected chi connectivity index (χ0v) is 12.9. The number of unbranched alkanes of at least 4 members (excludes halogenated alkanes) is 2. The Morgan fingerprint density at radius 2 is 2.05 bits per heavy atom. The van der Waals surface area contributed by atoms with Crippen molar-refractivity contribution >= 4 is 21.4 Å². The third-order valence-corrected chi connectivity index (χ3v) is 4.99. The molecule has 0 fully saturated rings. The van der Waals surface area contributed by atoms with Crippen LogP contribution in [0.1, 0.15) is 26.2 Å². The standard InChI is InChI=1S/C12H20N4O4S/c1-3-4-5-8-15(2)21(19,20)12-7-6-10(14-13)9-11(12)16(17)18/h6-7,9,14H,3-5,8,13H2,1-2H3. The van der Waals surface area contributed by atoms with Crippen molar-refractivity contribution in [3.05, 3.63) is 28.3 Å². The van der Waals surface area contributed by atoms with Crippen molar-refractivity contribution in [1.82, 2.24) is 4.31 Å². The van der Waals surface area contributed by atoms with Crippen LogP contribution in [-0.2, 0) is 10.0 Å². The van der Waals surface area contributed by atoms with E-state index in [9.17, 15) is 18.5 Å². The Morgan fingerprint density at radius 3 is 2.57 bits per heavy atom. The van der Waals surface area contributed by atoms with Crippen LogP contribution in [0.3, 0.4) is 0 Å². The van der Waals surface area contributed by atoms with Crippen LogP contribution < -0.4 is 11.3 Å². The smallest absolute Gasteiger partial charge is 0.291 e. The lowest BCUT2D eigenvalue weighted by molar-refractivity contribution is -0.387. The Hall–Kier alpha value is -1.71. The topological polar surface area (TPSA) is 119 Å². The molecule has 0 saturated heterocycles. The lowest BCUT2D eigenvalue weighted by atomic mass is 10.2. The van der Waals surface area contributed by atoms with E-state index in [1.807, 2.05) is 6.92 Å². The first kappa shape index (κ1) is 17.3. The minimum atomic E-state index is -3.90. The van der Waals surface area contributed by atoms with Crippen LogP contribution in [0, 0.1) is 10.1 Å². The minimum absolute atomic E-state index is 0.272. The number of benzene rings is 1. The third-order valence-electron chi connectivity index (χ3n) is 3.09.